The molecule has 1 unspecified atom stereocenters. The highest BCUT2D eigenvalue weighted by Crippen LogP contribution is 2.21. The van der Waals surface area contributed by atoms with E-state index in [1.165, 1.54) is 0 Å². The van der Waals surface area contributed by atoms with Gasteiger partial charge in [0, 0.05) is 24.6 Å². The SMILES string of the molecule is CC(C)(C)c1cc(=O)n(CC2CCN(CC3COCCO3)CC2)cn1. The molecule has 0 radical (unpaired) electrons. The van der Waals surface area contributed by atoms with Gasteiger partial charge in [0.2, 0.25) is 0 Å². The summed E-state index contributed by atoms with van der Waals surface area (Å²) in [6.07, 6.45) is 4.16. The summed E-state index contributed by atoms with van der Waals surface area (Å²) in [6, 6.07) is 1.69. The fraction of sp³-hybridized carbons (Fsp3) is 0.789. The third-order valence-electron chi connectivity index (χ3n) is 5.16. The second-order valence-electron chi connectivity index (χ2n) is 8.33. The molecular weight excluding hydrogens is 318 g/mol. The van der Waals surface area contributed by atoms with Crippen molar-refractivity contribution in [1.29, 1.82) is 0 Å². The van der Waals surface area contributed by atoms with Crippen LogP contribution in [0.15, 0.2) is 17.2 Å². The predicted octanol–water partition coefficient (Wildman–Crippen LogP) is 1.67. The molecule has 6 nitrogen and oxygen atoms in total. The van der Waals surface area contributed by atoms with Gasteiger partial charge in [-0.2, -0.15) is 0 Å². The lowest BCUT2D eigenvalue weighted by Crippen LogP contribution is -2.44. The molecule has 2 aliphatic rings. The Morgan fingerprint density at radius 1 is 1.20 bits per heavy atom. The first-order chi connectivity index (χ1) is 11.9. The van der Waals surface area contributed by atoms with Gasteiger partial charge in [-0.1, -0.05) is 20.8 Å². The van der Waals surface area contributed by atoms with Crippen LogP contribution in [0.3, 0.4) is 0 Å². The Kier molecular flexibility index (Phi) is 5.92. The number of hydrogen-bond acceptors (Lipinski definition) is 5. The molecule has 2 aliphatic heterocycles. The van der Waals surface area contributed by atoms with Crippen LogP contribution in [0.4, 0.5) is 0 Å². The zero-order valence-corrected chi connectivity index (χ0v) is 15.7. The molecule has 1 atom stereocenters. The molecule has 2 fully saturated rings. The van der Waals surface area contributed by atoms with Gasteiger partial charge in [-0.3, -0.25) is 9.36 Å². The molecule has 0 N–H and O–H groups in total. The predicted molar refractivity (Wildman–Crippen MR) is 96.9 cm³/mol. The van der Waals surface area contributed by atoms with Gasteiger partial charge in [0.25, 0.3) is 5.56 Å². The van der Waals surface area contributed by atoms with Gasteiger partial charge in [-0.25, -0.2) is 4.98 Å². The van der Waals surface area contributed by atoms with E-state index < -0.39 is 0 Å². The molecule has 1 aromatic heterocycles. The van der Waals surface area contributed by atoms with Gasteiger partial charge < -0.3 is 14.4 Å². The van der Waals surface area contributed by atoms with E-state index in [1.54, 1.807) is 17.0 Å². The topological polar surface area (TPSA) is 56.6 Å². The van der Waals surface area contributed by atoms with E-state index in [4.69, 9.17) is 9.47 Å². The molecule has 6 heteroatoms. The third-order valence-corrected chi connectivity index (χ3v) is 5.16. The summed E-state index contributed by atoms with van der Waals surface area (Å²) in [5.74, 6) is 0.541. The van der Waals surface area contributed by atoms with Gasteiger partial charge >= 0.3 is 0 Å². The van der Waals surface area contributed by atoms with Crippen LogP contribution in [-0.2, 0) is 21.4 Å². The standard InChI is InChI=1S/C19H31N3O3/c1-19(2,3)17-10-18(23)22(14-20-17)11-15-4-6-21(7-5-15)12-16-13-24-8-9-25-16/h10,14-16H,4-9,11-13H2,1-3H3. The van der Waals surface area contributed by atoms with E-state index in [9.17, 15) is 4.79 Å². The van der Waals surface area contributed by atoms with Crippen molar-refractivity contribution >= 4 is 0 Å². The fourth-order valence-electron chi connectivity index (χ4n) is 3.53. The first kappa shape index (κ1) is 18.5. The van der Waals surface area contributed by atoms with Crippen LogP contribution >= 0.6 is 0 Å². The fourth-order valence-corrected chi connectivity index (χ4v) is 3.53. The molecule has 0 amide bonds. The quantitative estimate of drug-likeness (QED) is 0.828. The van der Waals surface area contributed by atoms with Crippen molar-refractivity contribution in [2.24, 2.45) is 5.92 Å². The Balaban J connectivity index is 1.49. The minimum absolute atomic E-state index is 0.0649. The maximum atomic E-state index is 12.4. The summed E-state index contributed by atoms with van der Waals surface area (Å²) in [7, 11) is 0. The van der Waals surface area contributed by atoms with Crippen LogP contribution in [0.25, 0.3) is 0 Å². The maximum absolute atomic E-state index is 12.4. The average Bonchev–Trinajstić information content (AvgIpc) is 2.58. The van der Waals surface area contributed by atoms with Gasteiger partial charge in [-0.05, 0) is 31.8 Å². The maximum Gasteiger partial charge on any atom is 0.253 e. The number of aromatic nitrogens is 2. The van der Waals surface area contributed by atoms with Gasteiger partial charge in [0.05, 0.1) is 37.9 Å². The summed E-state index contributed by atoms with van der Waals surface area (Å²) in [5.41, 5.74) is 0.836. The van der Waals surface area contributed by atoms with Crippen molar-refractivity contribution < 1.29 is 9.47 Å². The van der Waals surface area contributed by atoms with Crippen molar-refractivity contribution in [2.45, 2.75) is 51.7 Å². The Hall–Kier alpha value is -1.24. The van der Waals surface area contributed by atoms with Crippen LogP contribution in [0.5, 0.6) is 0 Å². The lowest BCUT2D eigenvalue weighted by molar-refractivity contribution is -0.0994. The van der Waals surface area contributed by atoms with E-state index in [0.29, 0.717) is 19.1 Å². The summed E-state index contributed by atoms with van der Waals surface area (Å²) in [5, 5.41) is 0. The number of hydrogen-bond donors (Lipinski definition) is 0. The van der Waals surface area contributed by atoms with E-state index in [2.05, 4.69) is 30.7 Å². The van der Waals surface area contributed by atoms with Crippen molar-refractivity contribution in [1.82, 2.24) is 14.5 Å². The minimum Gasteiger partial charge on any atom is -0.376 e. The highest BCUT2D eigenvalue weighted by molar-refractivity contribution is 5.10. The van der Waals surface area contributed by atoms with Gasteiger partial charge in [-0.15, -0.1) is 0 Å². The van der Waals surface area contributed by atoms with Crippen molar-refractivity contribution in [3.05, 3.63) is 28.4 Å². The van der Waals surface area contributed by atoms with Crippen molar-refractivity contribution in [3.8, 4) is 0 Å². The molecule has 3 heterocycles. The molecule has 1 aromatic rings. The summed E-state index contributed by atoms with van der Waals surface area (Å²) in [4.78, 5) is 19.3. The number of nitrogens with zero attached hydrogens (tertiary/aromatic N) is 3. The highest BCUT2D eigenvalue weighted by Gasteiger charge is 2.24. The first-order valence-electron chi connectivity index (χ1n) is 9.40. The number of ether oxygens (including phenoxy) is 2. The molecule has 0 spiro atoms. The monoisotopic (exact) mass is 349 g/mol. The highest BCUT2D eigenvalue weighted by atomic mass is 16.6. The zero-order chi connectivity index (χ0) is 17.9. The second kappa shape index (κ2) is 7.98. The van der Waals surface area contributed by atoms with Crippen molar-refractivity contribution in [2.75, 3.05) is 39.5 Å². The molecule has 2 saturated heterocycles. The van der Waals surface area contributed by atoms with E-state index in [1.807, 2.05) is 0 Å². The van der Waals surface area contributed by atoms with Crippen LogP contribution in [-0.4, -0.2) is 60.0 Å². The summed E-state index contributed by atoms with van der Waals surface area (Å²) >= 11 is 0. The Morgan fingerprint density at radius 2 is 1.96 bits per heavy atom. The molecule has 3 rings (SSSR count). The van der Waals surface area contributed by atoms with Crippen LogP contribution in [0.2, 0.25) is 0 Å². The van der Waals surface area contributed by atoms with E-state index in [-0.39, 0.29) is 17.1 Å². The Morgan fingerprint density at radius 3 is 2.56 bits per heavy atom. The lowest BCUT2D eigenvalue weighted by atomic mass is 9.92. The van der Waals surface area contributed by atoms with Gasteiger partial charge in [0.15, 0.2) is 0 Å². The van der Waals surface area contributed by atoms with Crippen LogP contribution < -0.4 is 5.56 Å². The number of piperidine rings is 1. The second-order valence-corrected chi connectivity index (χ2v) is 8.33. The smallest absolute Gasteiger partial charge is 0.253 e. The Bertz CT molecular complexity index is 609. The van der Waals surface area contributed by atoms with Crippen LogP contribution in [0.1, 0.15) is 39.3 Å². The Labute approximate surface area is 150 Å². The molecule has 0 saturated carbocycles. The molecule has 0 aromatic carbocycles. The molecule has 0 bridgehead atoms. The number of rotatable bonds is 4. The minimum atomic E-state index is -0.0888. The largest absolute Gasteiger partial charge is 0.376 e. The van der Waals surface area contributed by atoms with E-state index >= 15 is 0 Å². The first-order valence-corrected chi connectivity index (χ1v) is 9.40. The van der Waals surface area contributed by atoms with Crippen LogP contribution in [0, 0.1) is 5.92 Å². The van der Waals surface area contributed by atoms with E-state index in [0.717, 1.165) is 51.3 Å². The molecule has 140 valence electrons. The lowest BCUT2D eigenvalue weighted by Gasteiger charge is -2.35. The zero-order valence-electron chi connectivity index (χ0n) is 15.7. The molecular formula is C19H31N3O3. The summed E-state index contributed by atoms with van der Waals surface area (Å²) in [6.45, 7) is 12.2. The molecule has 25 heavy (non-hydrogen) atoms. The van der Waals surface area contributed by atoms with Crippen molar-refractivity contribution in [3.63, 3.8) is 0 Å². The average molecular weight is 349 g/mol. The normalized spacial score (nSPS) is 23.7. The third kappa shape index (κ3) is 5.12. The number of likely N-dealkylation sites (tertiary alicyclic amines) is 1. The van der Waals surface area contributed by atoms with Gasteiger partial charge in [0.1, 0.15) is 0 Å². The molecule has 0 aliphatic carbocycles. The summed E-state index contributed by atoms with van der Waals surface area (Å²) < 4.78 is 13.0.